The Morgan fingerprint density at radius 3 is 2.59 bits per heavy atom. The van der Waals surface area contributed by atoms with Crippen LogP contribution in [0.3, 0.4) is 0 Å². The smallest absolute Gasteiger partial charge is 0.248 e. The third kappa shape index (κ3) is 6.36. The minimum atomic E-state index is -0.0695. The number of benzene rings is 1. The van der Waals surface area contributed by atoms with Crippen molar-refractivity contribution in [3.8, 4) is 0 Å². The molecule has 1 amide bonds. The molecule has 0 aliphatic carbocycles. The summed E-state index contributed by atoms with van der Waals surface area (Å²) >= 11 is 0. The number of allylic oxidation sites excluding steroid dienone is 2. The summed E-state index contributed by atoms with van der Waals surface area (Å²) in [4.78, 5) is 11.5. The Morgan fingerprint density at radius 2 is 1.88 bits per heavy atom. The standard InChI is InChI=1S/C15H19NO/c1-2-3-4-5-6-10-13-15(17)16-14-11-8-7-9-12-14/h2,7-13H,1,3-6H2,(H,16,17)/b13-10+. The van der Waals surface area contributed by atoms with Crippen LogP contribution in [0.15, 0.2) is 55.1 Å². The molecule has 0 aliphatic rings. The fraction of sp³-hybridized carbons (Fsp3) is 0.267. The molecule has 17 heavy (non-hydrogen) atoms. The van der Waals surface area contributed by atoms with Crippen LogP contribution in [0.5, 0.6) is 0 Å². The molecule has 0 radical (unpaired) electrons. The minimum absolute atomic E-state index is 0.0695. The molecule has 0 fully saturated rings. The molecule has 0 bridgehead atoms. The third-order valence-electron chi connectivity index (χ3n) is 2.34. The summed E-state index contributed by atoms with van der Waals surface area (Å²) in [5, 5.41) is 2.80. The lowest BCUT2D eigenvalue weighted by Gasteiger charge is -2.00. The van der Waals surface area contributed by atoms with Crippen LogP contribution in [0.1, 0.15) is 25.7 Å². The van der Waals surface area contributed by atoms with E-state index in [2.05, 4.69) is 11.9 Å². The minimum Gasteiger partial charge on any atom is -0.323 e. The molecule has 2 heteroatoms. The van der Waals surface area contributed by atoms with Gasteiger partial charge in [-0.1, -0.05) is 30.4 Å². The van der Waals surface area contributed by atoms with Gasteiger partial charge in [-0.25, -0.2) is 0 Å². The van der Waals surface area contributed by atoms with E-state index in [-0.39, 0.29) is 5.91 Å². The molecule has 2 nitrogen and oxygen atoms in total. The van der Waals surface area contributed by atoms with Crippen molar-refractivity contribution < 1.29 is 4.79 Å². The lowest BCUT2D eigenvalue weighted by molar-refractivity contribution is -0.111. The first-order chi connectivity index (χ1) is 8.33. The molecule has 0 aliphatic heterocycles. The van der Waals surface area contributed by atoms with Crippen LogP contribution in [0.25, 0.3) is 0 Å². The molecule has 1 N–H and O–H groups in total. The number of para-hydroxylation sites is 1. The first kappa shape index (κ1) is 13.2. The maximum atomic E-state index is 11.5. The molecule has 0 unspecified atom stereocenters. The Balaban J connectivity index is 2.21. The molecule has 0 spiro atoms. The van der Waals surface area contributed by atoms with Gasteiger partial charge >= 0.3 is 0 Å². The average molecular weight is 229 g/mol. The van der Waals surface area contributed by atoms with E-state index in [0.29, 0.717) is 0 Å². The van der Waals surface area contributed by atoms with Crippen molar-refractivity contribution in [2.45, 2.75) is 25.7 Å². The summed E-state index contributed by atoms with van der Waals surface area (Å²) in [5.74, 6) is -0.0695. The highest BCUT2D eigenvalue weighted by Crippen LogP contribution is 2.05. The largest absolute Gasteiger partial charge is 0.323 e. The summed E-state index contributed by atoms with van der Waals surface area (Å²) in [6.45, 7) is 3.67. The molecule has 0 saturated heterocycles. The first-order valence-electron chi connectivity index (χ1n) is 5.96. The number of amides is 1. The van der Waals surface area contributed by atoms with Gasteiger partial charge in [0.25, 0.3) is 0 Å². The van der Waals surface area contributed by atoms with Crippen LogP contribution >= 0.6 is 0 Å². The van der Waals surface area contributed by atoms with E-state index in [0.717, 1.165) is 31.4 Å². The second-order valence-corrected chi connectivity index (χ2v) is 3.83. The van der Waals surface area contributed by atoms with E-state index in [9.17, 15) is 4.79 Å². The van der Waals surface area contributed by atoms with Crippen LogP contribution in [0.2, 0.25) is 0 Å². The Hall–Kier alpha value is -1.83. The number of hydrogen-bond acceptors (Lipinski definition) is 1. The van der Waals surface area contributed by atoms with Crippen LogP contribution in [-0.4, -0.2) is 5.91 Å². The zero-order valence-electron chi connectivity index (χ0n) is 10.1. The molecule has 0 heterocycles. The normalized spacial score (nSPS) is 10.4. The van der Waals surface area contributed by atoms with E-state index >= 15 is 0 Å². The summed E-state index contributed by atoms with van der Waals surface area (Å²) in [6.07, 6.45) is 9.66. The molecule has 0 atom stereocenters. The zero-order valence-corrected chi connectivity index (χ0v) is 10.1. The monoisotopic (exact) mass is 229 g/mol. The van der Waals surface area contributed by atoms with E-state index in [1.165, 1.54) is 0 Å². The van der Waals surface area contributed by atoms with Gasteiger partial charge in [0.15, 0.2) is 0 Å². The van der Waals surface area contributed by atoms with E-state index < -0.39 is 0 Å². The number of nitrogens with one attached hydrogen (secondary N) is 1. The van der Waals surface area contributed by atoms with Crippen molar-refractivity contribution in [2.75, 3.05) is 5.32 Å². The van der Waals surface area contributed by atoms with Gasteiger partial charge in [0.05, 0.1) is 0 Å². The highest BCUT2D eigenvalue weighted by atomic mass is 16.1. The zero-order chi connectivity index (χ0) is 12.3. The predicted octanol–water partition coefficient (Wildman–Crippen LogP) is 3.93. The van der Waals surface area contributed by atoms with Gasteiger partial charge in [0.1, 0.15) is 0 Å². The van der Waals surface area contributed by atoms with Gasteiger partial charge in [0.2, 0.25) is 5.91 Å². The van der Waals surface area contributed by atoms with Crippen molar-refractivity contribution >= 4 is 11.6 Å². The fourth-order valence-electron chi connectivity index (χ4n) is 1.45. The van der Waals surface area contributed by atoms with Crippen molar-refractivity contribution in [1.29, 1.82) is 0 Å². The van der Waals surface area contributed by atoms with Crippen LogP contribution in [0, 0.1) is 0 Å². The van der Waals surface area contributed by atoms with Gasteiger partial charge in [0, 0.05) is 5.69 Å². The molecular weight excluding hydrogens is 210 g/mol. The van der Waals surface area contributed by atoms with E-state index in [1.807, 2.05) is 42.5 Å². The van der Waals surface area contributed by atoms with Crippen molar-refractivity contribution in [3.63, 3.8) is 0 Å². The Bertz CT molecular complexity index is 368. The number of anilines is 1. The lowest BCUT2D eigenvalue weighted by Crippen LogP contribution is -2.07. The Morgan fingerprint density at radius 1 is 1.18 bits per heavy atom. The molecule has 1 aromatic carbocycles. The van der Waals surface area contributed by atoms with Crippen molar-refractivity contribution in [2.24, 2.45) is 0 Å². The summed E-state index contributed by atoms with van der Waals surface area (Å²) in [5.41, 5.74) is 0.828. The average Bonchev–Trinajstić information content (AvgIpc) is 2.35. The van der Waals surface area contributed by atoms with Gasteiger partial charge in [-0.3, -0.25) is 4.79 Å². The van der Waals surface area contributed by atoms with E-state index in [4.69, 9.17) is 0 Å². The van der Waals surface area contributed by atoms with Crippen LogP contribution in [0.4, 0.5) is 5.69 Å². The Labute approximate surface area is 103 Å². The number of unbranched alkanes of at least 4 members (excludes halogenated alkanes) is 3. The number of carbonyl (C=O) groups excluding carboxylic acids is 1. The number of rotatable bonds is 7. The second kappa shape index (κ2) is 8.34. The van der Waals surface area contributed by atoms with Gasteiger partial charge in [-0.05, 0) is 43.9 Å². The molecule has 90 valence electrons. The second-order valence-electron chi connectivity index (χ2n) is 3.83. The molecule has 1 aromatic rings. The maximum Gasteiger partial charge on any atom is 0.248 e. The Kier molecular flexibility index (Phi) is 6.49. The van der Waals surface area contributed by atoms with Crippen molar-refractivity contribution in [1.82, 2.24) is 0 Å². The van der Waals surface area contributed by atoms with Crippen molar-refractivity contribution in [3.05, 3.63) is 55.1 Å². The SMILES string of the molecule is C=CCCCC/C=C/C(=O)Nc1ccccc1. The topological polar surface area (TPSA) is 29.1 Å². The van der Waals surface area contributed by atoms with Gasteiger partial charge in [-0.2, -0.15) is 0 Å². The van der Waals surface area contributed by atoms with Crippen LogP contribution in [-0.2, 0) is 4.79 Å². The summed E-state index contributed by atoms with van der Waals surface area (Å²) < 4.78 is 0. The van der Waals surface area contributed by atoms with E-state index in [1.54, 1.807) is 6.08 Å². The predicted molar refractivity (Wildman–Crippen MR) is 72.9 cm³/mol. The molecule has 0 saturated carbocycles. The highest BCUT2D eigenvalue weighted by molar-refractivity contribution is 5.99. The number of hydrogen-bond donors (Lipinski definition) is 1. The number of carbonyl (C=O) groups is 1. The molecule has 1 rings (SSSR count). The quantitative estimate of drug-likeness (QED) is 0.428. The first-order valence-corrected chi connectivity index (χ1v) is 5.96. The molecular formula is C15H19NO. The highest BCUT2D eigenvalue weighted by Gasteiger charge is 1.95. The van der Waals surface area contributed by atoms with Gasteiger partial charge < -0.3 is 5.32 Å². The lowest BCUT2D eigenvalue weighted by atomic mass is 10.2. The summed E-state index contributed by atoms with van der Waals surface area (Å²) in [7, 11) is 0. The fourth-order valence-corrected chi connectivity index (χ4v) is 1.45. The summed E-state index contributed by atoms with van der Waals surface area (Å²) in [6, 6.07) is 9.46. The molecule has 0 aromatic heterocycles. The third-order valence-corrected chi connectivity index (χ3v) is 2.34. The maximum absolute atomic E-state index is 11.5. The van der Waals surface area contributed by atoms with Gasteiger partial charge in [-0.15, -0.1) is 6.58 Å². The van der Waals surface area contributed by atoms with Crippen LogP contribution < -0.4 is 5.32 Å².